The molecule has 1 aliphatic rings. The minimum absolute atomic E-state index is 0.0753. The predicted molar refractivity (Wildman–Crippen MR) is 344 cm³/mol. The fourth-order valence-corrected chi connectivity index (χ4v) is 10.1. The number of unbranched alkanes of at least 4 members (excludes halogenated alkanes) is 3. The third-order valence-corrected chi connectivity index (χ3v) is 15.0. The molecule has 0 spiro atoms. The molecular weight excluding hydrogens is 1180 g/mol. The van der Waals surface area contributed by atoms with Gasteiger partial charge >= 0.3 is 23.9 Å². The first kappa shape index (κ1) is 72.7. The monoisotopic (exact) mass is 1270 g/mol. The van der Waals surface area contributed by atoms with Crippen LogP contribution in [-0.2, 0) is 40.1 Å². The average molecular weight is 1270 g/mol. The molecule has 0 aromatic heterocycles. The summed E-state index contributed by atoms with van der Waals surface area (Å²) in [6, 6.07) is 21.2. The number of nitrogens with one attached hydrogen (secondary N) is 9. The Morgan fingerprint density at radius 1 is 0.571 bits per heavy atom. The summed E-state index contributed by atoms with van der Waals surface area (Å²) in [6.07, 6.45) is 4.44. The molecule has 1 aliphatic heterocycles. The van der Waals surface area contributed by atoms with E-state index in [0.717, 1.165) is 30.4 Å². The summed E-state index contributed by atoms with van der Waals surface area (Å²) in [5.74, 6) is -5.04. The number of carboxylic acid groups (broad SMARTS) is 3. The molecule has 4 aromatic rings. The normalized spacial score (nSPS) is 14.9. The lowest BCUT2D eigenvalue weighted by atomic mass is 9.90. The molecule has 4 aromatic carbocycles. The van der Waals surface area contributed by atoms with Crippen LogP contribution in [-0.4, -0.2) is 224 Å². The van der Waals surface area contributed by atoms with E-state index in [0.29, 0.717) is 82.5 Å². The first-order valence-corrected chi connectivity index (χ1v) is 30.8. The number of amides is 5. The van der Waals surface area contributed by atoms with Crippen molar-refractivity contribution in [1.82, 2.24) is 51.5 Å². The lowest BCUT2D eigenvalue weighted by Gasteiger charge is -2.35. The van der Waals surface area contributed by atoms with Gasteiger partial charge in [0.15, 0.2) is 12.2 Å². The molecule has 496 valence electrons. The van der Waals surface area contributed by atoms with Crippen LogP contribution in [0.5, 0.6) is 5.75 Å². The molecule has 0 saturated carbocycles. The maximum absolute atomic E-state index is 14.4. The number of rotatable bonds is 38. The van der Waals surface area contributed by atoms with Crippen LogP contribution in [0.3, 0.4) is 0 Å². The number of phenolic OH excluding ortho intramolecular Hbond substituents is 1. The maximum Gasteiger partial charge on any atom is 0.344 e. The van der Waals surface area contributed by atoms with Gasteiger partial charge in [-0.05, 0) is 79.6 Å². The average Bonchev–Trinajstić information content (AvgIpc) is 0.871. The number of carbonyl (C=O) groups is 8. The van der Waals surface area contributed by atoms with Crippen LogP contribution in [0.1, 0.15) is 80.9 Å². The summed E-state index contributed by atoms with van der Waals surface area (Å²) in [5.41, 5.74) is 8.08. The molecule has 1 heterocycles. The zero-order chi connectivity index (χ0) is 65.9. The highest BCUT2D eigenvalue weighted by atomic mass is 16.4. The zero-order valence-electron chi connectivity index (χ0n) is 51.6. The van der Waals surface area contributed by atoms with E-state index in [2.05, 4.69) is 52.8 Å². The van der Waals surface area contributed by atoms with Crippen LogP contribution in [0.2, 0.25) is 0 Å². The Morgan fingerprint density at radius 3 is 1.66 bits per heavy atom. The van der Waals surface area contributed by atoms with Crippen molar-refractivity contribution in [3.8, 4) is 5.75 Å². The number of nitrogens with zero attached hydrogens (tertiary/aromatic N) is 5. The molecule has 0 bridgehead atoms. The number of benzene rings is 3. The van der Waals surface area contributed by atoms with Crippen molar-refractivity contribution in [3.05, 3.63) is 116 Å². The van der Waals surface area contributed by atoms with Crippen molar-refractivity contribution in [3.63, 3.8) is 0 Å². The van der Waals surface area contributed by atoms with Crippen molar-refractivity contribution in [2.24, 2.45) is 10.7 Å². The van der Waals surface area contributed by atoms with Gasteiger partial charge < -0.3 is 73.5 Å². The second-order valence-electron chi connectivity index (χ2n) is 21.9. The summed E-state index contributed by atoms with van der Waals surface area (Å²) in [7, 11) is 0. The summed E-state index contributed by atoms with van der Waals surface area (Å²) in [6.45, 7) is 5.64. The van der Waals surface area contributed by atoms with Crippen molar-refractivity contribution >= 4 is 71.0 Å². The second-order valence-corrected chi connectivity index (χ2v) is 21.9. The fourth-order valence-electron chi connectivity index (χ4n) is 10.1. The molecule has 5 rings (SSSR count). The molecule has 15 N–H and O–H groups in total. The first-order valence-electron chi connectivity index (χ1n) is 30.8. The molecule has 29 nitrogen and oxygen atoms in total. The molecular formula is C62H89N15O14. The topological polar surface area (TPSA) is 411 Å². The number of guanidine groups is 1. The van der Waals surface area contributed by atoms with E-state index >= 15 is 0 Å². The number of hydrogen-bond donors (Lipinski definition) is 14. The molecule has 0 radical (unpaired) electrons. The van der Waals surface area contributed by atoms with E-state index in [1.165, 1.54) is 12.1 Å². The van der Waals surface area contributed by atoms with Gasteiger partial charge in [0.05, 0.1) is 25.6 Å². The molecule has 1 fully saturated rings. The van der Waals surface area contributed by atoms with Crippen molar-refractivity contribution < 1.29 is 58.8 Å². The number of aliphatic carboxylic acids is 3. The fraction of sp³-hybridized carbons (Fsp3) is 0.500. The number of aldehydes is 1. The number of hydrogen-bond acceptors (Lipinski definition) is 19. The number of carbonyl (C=O) groups excluding carboxylic acids is 5. The molecule has 0 aliphatic carbocycles. The van der Waals surface area contributed by atoms with Gasteiger partial charge in [0.25, 0.3) is 10.9 Å². The Balaban J connectivity index is 1.07. The number of anilines is 3. The van der Waals surface area contributed by atoms with Crippen LogP contribution in [0, 0.1) is 0 Å². The number of carboxylic acids is 3. The summed E-state index contributed by atoms with van der Waals surface area (Å²) in [4.78, 5) is 135. The number of nitrogens with two attached hydrogens (primary N) is 1. The molecule has 3 atom stereocenters. The summed E-state index contributed by atoms with van der Waals surface area (Å²) in [5, 5.41) is 65.0. The Bertz CT molecular complexity index is 3020. The lowest BCUT2D eigenvalue weighted by Crippen LogP contribution is -2.54. The molecule has 1 unspecified atom stereocenters. The van der Waals surface area contributed by atoms with Gasteiger partial charge in [-0.3, -0.25) is 63.3 Å². The van der Waals surface area contributed by atoms with E-state index in [9.17, 15) is 68.4 Å². The van der Waals surface area contributed by atoms with Gasteiger partial charge in [-0.25, -0.2) is 4.79 Å². The second kappa shape index (κ2) is 39.9. The van der Waals surface area contributed by atoms with E-state index in [-0.39, 0.29) is 120 Å². The highest BCUT2D eigenvalue weighted by Gasteiger charge is 2.29. The SMILES string of the molecule is CCC(=O)NCCNC(=O)/N=C(/N)NCCC[C@@H](NC(=O)[C@@H](c1ccccc1)c1ccc(NCCCNc2c(NCCCCCCNC(C=O)N3CCN(CC(=O)O)CCN(CC(=O)O)CCN(CC(=O)O)CC3)c(=O)c2=O)cc1)C(=O)NCc1ccc(O)cc1. The lowest BCUT2D eigenvalue weighted by molar-refractivity contribution is -0.140. The van der Waals surface area contributed by atoms with Crippen LogP contribution < -0.4 is 64.4 Å². The van der Waals surface area contributed by atoms with Crippen molar-refractivity contribution in [2.75, 3.05) is 134 Å². The van der Waals surface area contributed by atoms with E-state index in [4.69, 9.17) is 5.73 Å². The minimum atomic E-state index is -1.05. The van der Waals surface area contributed by atoms with Gasteiger partial charge in [0, 0.05) is 110 Å². The maximum atomic E-state index is 14.4. The van der Waals surface area contributed by atoms with Crippen LogP contribution in [0.4, 0.5) is 21.9 Å². The zero-order valence-corrected chi connectivity index (χ0v) is 51.6. The van der Waals surface area contributed by atoms with E-state index < -0.39 is 64.7 Å². The Kier molecular flexibility index (Phi) is 31.9. The van der Waals surface area contributed by atoms with E-state index in [1.807, 2.05) is 59.5 Å². The minimum Gasteiger partial charge on any atom is -0.508 e. The third kappa shape index (κ3) is 26.9. The molecule has 5 amide bonds. The summed E-state index contributed by atoms with van der Waals surface area (Å²) >= 11 is 0. The van der Waals surface area contributed by atoms with E-state index in [1.54, 1.807) is 33.8 Å². The Labute approximate surface area is 528 Å². The number of aliphatic imine (C=N–C) groups is 1. The van der Waals surface area contributed by atoms with Gasteiger partial charge in [-0.1, -0.05) is 74.4 Å². The largest absolute Gasteiger partial charge is 0.508 e. The molecule has 1 saturated heterocycles. The first-order chi connectivity index (χ1) is 43.8. The van der Waals surface area contributed by atoms with Crippen LogP contribution in [0.15, 0.2) is 93.4 Å². The predicted octanol–water partition coefficient (Wildman–Crippen LogP) is 0.318. The highest BCUT2D eigenvalue weighted by molar-refractivity contribution is 5.93. The van der Waals surface area contributed by atoms with Crippen LogP contribution >= 0.6 is 0 Å². The highest BCUT2D eigenvalue weighted by Crippen LogP contribution is 2.27. The number of urea groups is 1. The third-order valence-electron chi connectivity index (χ3n) is 15.0. The molecule has 29 heteroatoms. The van der Waals surface area contributed by atoms with Crippen molar-refractivity contribution in [2.45, 2.75) is 83.0 Å². The van der Waals surface area contributed by atoms with Gasteiger partial charge in [-0.2, -0.15) is 4.99 Å². The number of aromatic hydroxyl groups is 1. The molecule has 91 heavy (non-hydrogen) atoms. The smallest absolute Gasteiger partial charge is 0.344 e. The van der Waals surface area contributed by atoms with Crippen LogP contribution in [0.25, 0.3) is 0 Å². The Morgan fingerprint density at radius 2 is 1.10 bits per heavy atom. The van der Waals surface area contributed by atoms with Gasteiger partial charge in [0.2, 0.25) is 17.7 Å². The standard InChI is InChI=1S/C62H89N15O14/c1-2-50(80)66-28-29-70-62(91)73-61(63)69-25-10-14-48(59(89)71-38-43-15-21-47(79)22-16-43)72-60(90)54(44-12-6-5-7-13-44)45-17-19-46(20-18-45)64-26-11-27-68-56-55(57(87)58(56)88)67-24-9-4-3-8-23-65-49(42-78)77-36-34-75(40-52(83)84)32-30-74(39-51(81)82)31-33-76(35-37-77)41-53(85)86/h5-7,12-13,15-22,42,48-49,54,64-65,67-68,79H,2-4,8-11,14,23-41H2,1H3,(H,66,80)(H,71,89)(H,72,90)(H,81,82)(H,83,84)(H,85,86)(H4,63,69,70,73,91)/t48-,49?,54+/m1/s1. The Hall–Kier alpha value is -9.03. The van der Waals surface area contributed by atoms with Crippen molar-refractivity contribution in [1.29, 1.82) is 0 Å². The summed E-state index contributed by atoms with van der Waals surface area (Å²) < 4.78 is 0. The quantitative estimate of drug-likeness (QED) is 0.00944. The number of phenols is 1. The van der Waals surface area contributed by atoms with Gasteiger partial charge in [0.1, 0.15) is 29.3 Å². The van der Waals surface area contributed by atoms with Gasteiger partial charge in [-0.15, -0.1) is 0 Å².